The average molecular weight is 398 g/mol. The molecule has 1 aliphatic heterocycles. The van der Waals surface area contributed by atoms with Crippen molar-refractivity contribution in [3.8, 4) is 0 Å². The number of nitrogens with one attached hydrogen (secondary N) is 1. The predicted molar refractivity (Wildman–Crippen MR) is 107 cm³/mol. The molecule has 7 heteroatoms. The Morgan fingerprint density at radius 3 is 2.86 bits per heavy atom. The van der Waals surface area contributed by atoms with E-state index in [1.54, 1.807) is 18.3 Å². The molecule has 28 heavy (non-hydrogen) atoms. The van der Waals surface area contributed by atoms with Crippen LogP contribution in [-0.2, 0) is 14.4 Å². The van der Waals surface area contributed by atoms with Crippen LogP contribution in [0.1, 0.15) is 24.8 Å². The highest BCUT2D eigenvalue weighted by molar-refractivity contribution is 6.30. The van der Waals surface area contributed by atoms with Crippen LogP contribution in [0.25, 0.3) is 10.9 Å². The Labute approximate surface area is 167 Å². The van der Waals surface area contributed by atoms with E-state index in [1.807, 2.05) is 25.1 Å². The summed E-state index contributed by atoms with van der Waals surface area (Å²) in [4.78, 5) is 43.1. The third kappa shape index (κ3) is 3.29. The highest BCUT2D eigenvalue weighted by Crippen LogP contribution is 2.38. The van der Waals surface area contributed by atoms with Gasteiger partial charge in [0.25, 0.3) is 0 Å². The van der Waals surface area contributed by atoms with Crippen molar-refractivity contribution in [3.63, 3.8) is 0 Å². The summed E-state index contributed by atoms with van der Waals surface area (Å²) in [7, 11) is 0. The molecule has 1 N–H and O–H groups in total. The number of nitrogens with zero attached hydrogens (tertiary/aromatic N) is 2. The molecule has 2 aromatic rings. The molecule has 1 aromatic carbocycles. The Balaban J connectivity index is 1.43. The van der Waals surface area contributed by atoms with Crippen molar-refractivity contribution in [2.45, 2.75) is 26.2 Å². The Kier molecular flexibility index (Phi) is 4.89. The lowest BCUT2D eigenvalue weighted by Crippen LogP contribution is -2.34. The molecule has 1 aliphatic carbocycles. The number of amides is 3. The first-order chi connectivity index (χ1) is 13.5. The SMILES string of the molecule is Cc1ccnc2c(NC(=O)CCN3C(=O)C4CC=C(Cl)CC4C3=O)cccc12. The number of likely N-dealkylation sites (tertiary alicyclic amines) is 1. The fraction of sp³-hybridized carbons (Fsp3) is 0.333. The van der Waals surface area contributed by atoms with E-state index >= 15 is 0 Å². The number of fused-ring (bicyclic) bond motifs is 2. The number of imide groups is 1. The van der Waals surface area contributed by atoms with Gasteiger partial charge in [-0.15, -0.1) is 0 Å². The van der Waals surface area contributed by atoms with Crippen LogP contribution in [0.4, 0.5) is 5.69 Å². The molecule has 1 saturated heterocycles. The molecule has 0 radical (unpaired) electrons. The number of aryl methyl sites for hydroxylation is 1. The van der Waals surface area contributed by atoms with Gasteiger partial charge in [-0.1, -0.05) is 29.8 Å². The lowest BCUT2D eigenvalue weighted by Gasteiger charge is -2.17. The largest absolute Gasteiger partial charge is 0.324 e. The minimum atomic E-state index is -0.390. The van der Waals surface area contributed by atoms with Crippen LogP contribution in [0.15, 0.2) is 41.6 Å². The quantitative estimate of drug-likeness (QED) is 0.802. The van der Waals surface area contributed by atoms with Gasteiger partial charge in [-0.2, -0.15) is 0 Å². The Morgan fingerprint density at radius 2 is 2.04 bits per heavy atom. The topological polar surface area (TPSA) is 79.4 Å². The number of pyridine rings is 1. The van der Waals surface area contributed by atoms with Gasteiger partial charge in [0.15, 0.2) is 0 Å². The van der Waals surface area contributed by atoms with Gasteiger partial charge in [0.05, 0.1) is 23.0 Å². The number of hydrogen-bond donors (Lipinski definition) is 1. The second kappa shape index (κ2) is 7.36. The van der Waals surface area contributed by atoms with Crippen LogP contribution in [0, 0.1) is 18.8 Å². The lowest BCUT2D eigenvalue weighted by atomic mass is 9.85. The number of hydrogen-bond acceptors (Lipinski definition) is 4. The molecular formula is C21H20ClN3O3. The zero-order valence-electron chi connectivity index (χ0n) is 15.4. The number of rotatable bonds is 4. The van der Waals surface area contributed by atoms with Gasteiger partial charge in [0.1, 0.15) is 0 Å². The third-order valence-corrected chi connectivity index (χ3v) is 5.79. The maximum absolute atomic E-state index is 12.6. The summed E-state index contributed by atoms with van der Waals surface area (Å²) in [5.41, 5.74) is 2.41. The summed E-state index contributed by atoms with van der Waals surface area (Å²) in [5.74, 6) is -1.42. The summed E-state index contributed by atoms with van der Waals surface area (Å²) in [6.45, 7) is 2.06. The maximum Gasteiger partial charge on any atom is 0.233 e. The van der Waals surface area contributed by atoms with E-state index in [0.717, 1.165) is 16.5 Å². The van der Waals surface area contributed by atoms with Crippen molar-refractivity contribution in [1.82, 2.24) is 9.88 Å². The number of carbonyl (C=O) groups is 3. The van der Waals surface area contributed by atoms with Crippen LogP contribution in [0.2, 0.25) is 0 Å². The number of benzene rings is 1. The van der Waals surface area contributed by atoms with E-state index in [4.69, 9.17) is 11.6 Å². The number of carbonyl (C=O) groups excluding carboxylic acids is 3. The van der Waals surface area contributed by atoms with Crippen LogP contribution >= 0.6 is 11.6 Å². The minimum Gasteiger partial charge on any atom is -0.324 e. The van der Waals surface area contributed by atoms with Gasteiger partial charge in [0.2, 0.25) is 17.7 Å². The van der Waals surface area contributed by atoms with Crippen molar-refractivity contribution in [3.05, 3.63) is 47.1 Å². The van der Waals surface area contributed by atoms with Gasteiger partial charge in [-0.3, -0.25) is 24.3 Å². The molecule has 6 nitrogen and oxygen atoms in total. The van der Waals surface area contributed by atoms with Crippen molar-refractivity contribution < 1.29 is 14.4 Å². The standard InChI is InChI=1S/C21H20ClN3O3/c1-12-7-9-23-19-14(12)3-2-4-17(19)24-18(26)8-10-25-20(27)15-6-5-13(22)11-16(15)21(25)28/h2-5,7,9,15-16H,6,8,10-11H2,1H3,(H,24,26). The van der Waals surface area contributed by atoms with E-state index in [2.05, 4.69) is 10.3 Å². The minimum absolute atomic E-state index is 0.0419. The summed E-state index contributed by atoms with van der Waals surface area (Å²) in [5, 5.41) is 4.45. The first-order valence-corrected chi connectivity index (χ1v) is 9.67. The Bertz CT molecular complexity index is 1020. The van der Waals surface area contributed by atoms with Crippen LogP contribution < -0.4 is 5.32 Å². The number of allylic oxidation sites excluding steroid dienone is 2. The molecule has 2 unspecified atom stereocenters. The molecular weight excluding hydrogens is 378 g/mol. The monoisotopic (exact) mass is 397 g/mol. The number of para-hydroxylation sites is 1. The molecule has 0 spiro atoms. The Morgan fingerprint density at radius 1 is 1.25 bits per heavy atom. The number of halogens is 1. The van der Waals surface area contributed by atoms with E-state index in [-0.39, 0.29) is 36.6 Å². The molecule has 2 atom stereocenters. The Hall–Kier alpha value is -2.73. The van der Waals surface area contributed by atoms with Crippen molar-refractivity contribution in [1.29, 1.82) is 0 Å². The van der Waals surface area contributed by atoms with Gasteiger partial charge in [-0.05, 0) is 37.5 Å². The summed E-state index contributed by atoms with van der Waals surface area (Å²) in [6.07, 6.45) is 4.44. The van der Waals surface area contributed by atoms with Gasteiger partial charge in [-0.25, -0.2) is 0 Å². The summed E-state index contributed by atoms with van der Waals surface area (Å²) < 4.78 is 0. The average Bonchev–Trinajstić information content (AvgIpc) is 2.91. The highest BCUT2D eigenvalue weighted by Gasteiger charge is 2.48. The summed E-state index contributed by atoms with van der Waals surface area (Å²) >= 11 is 6.03. The third-order valence-electron chi connectivity index (χ3n) is 5.49. The van der Waals surface area contributed by atoms with Crippen LogP contribution in [0.3, 0.4) is 0 Å². The molecule has 2 aliphatic rings. The first kappa shape index (κ1) is 18.6. The van der Waals surface area contributed by atoms with Gasteiger partial charge in [0, 0.05) is 29.6 Å². The van der Waals surface area contributed by atoms with E-state index < -0.39 is 5.92 Å². The van der Waals surface area contributed by atoms with Crippen molar-refractivity contribution >= 4 is 45.9 Å². The molecule has 1 fully saturated rings. The van der Waals surface area contributed by atoms with Gasteiger partial charge < -0.3 is 5.32 Å². The maximum atomic E-state index is 12.6. The number of aromatic nitrogens is 1. The second-order valence-electron chi connectivity index (χ2n) is 7.26. The molecule has 144 valence electrons. The van der Waals surface area contributed by atoms with Crippen molar-refractivity contribution in [2.24, 2.45) is 11.8 Å². The zero-order valence-corrected chi connectivity index (χ0v) is 16.2. The summed E-state index contributed by atoms with van der Waals surface area (Å²) in [6, 6.07) is 7.53. The fourth-order valence-electron chi connectivity index (χ4n) is 3.96. The zero-order chi connectivity index (χ0) is 19.8. The van der Waals surface area contributed by atoms with E-state index in [0.29, 0.717) is 23.6 Å². The molecule has 3 amide bonds. The van der Waals surface area contributed by atoms with Crippen LogP contribution in [-0.4, -0.2) is 34.2 Å². The highest BCUT2D eigenvalue weighted by atomic mass is 35.5. The van der Waals surface area contributed by atoms with Gasteiger partial charge >= 0.3 is 0 Å². The number of anilines is 1. The van der Waals surface area contributed by atoms with Crippen LogP contribution in [0.5, 0.6) is 0 Å². The smallest absolute Gasteiger partial charge is 0.233 e. The fourth-order valence-corrected chi connectivity index (χ4v) is 4.21. The lowest BCUT2D eigenvalue weighted by molar-refractivity contribution is -0.140. The normalized spacial score (nSPS) is 21.6. The molecule has 0 bridgehead atoms. The predicted octanol–water partition coefficient (Wildman–Crippen LogP) is 3.39. The second-order valence-corrected chi connectivity index (χ2v) is 7.75. The molecule has 0 saturated carbocycles. The molecule has 1 aromatic heterocycles. The van der Waals surface area contributed by atoms with Crippen molar-refractivity contribution in [2.75, 3.05) is 11.9 Å². The molecule has 2 heterocycles. The molecule has 4 rings (SSSR count). The van der Waals surface area contributed by atoms with E-state index in [1.165, 1.54) is 4.90 Å². The first-order valence-electron chi connectivity index (χ1n) is 9.29. The van der Waals surface area contributed by atoms with E-state index in [9.17, 15) is 14.4 Å².